The van der Waals surface area contributed by atoms with Crippen molar-refractivity contribution in [2.24, 2.45) is 11.3 Å². The van der Waals surface area contributed by atoms with Crippen molar-refractivity contribution in [3.8, 4) is 11.8 Å². The van der Waals surface area contributed by atoms with Crippen molar-refractivity contribution in [1.29, 1.82) is 5.26 Å². The average molecular weight is 316 g/mol. The molecule has 0 aromatic heterocycles. The van der Waals surface area contributed by atoms with Gasteiger partial charge in [0.2, 0.25) is 0 Å². The average Bonchev–Trinajstić information content (AvgIpc) is 2.97. The van der Waals surface area contributed by atoms with E-state index in [-0.39, 0.29) is 5.41 Å². The highest BCUT2D eigenvalue weighted by molar-refractivity contribution is 5.27. The van der Waals surface area contributed by atoms with Crippen LogP contribution in [0.15, 0.2) is 24.3 Å². The zero-order valence-electron chi connectivity index (χ0n) is 14.6. The second-order valence-electron chi connectivity index (χ2n) is 7.37. The van der Waals surface area contributed by atoms with Crippen molar-refractivity contribution in [3.05, 3.63) is 29.8 Å². The third kappa shape index (κ3) is 5.23. The molecular formula is C19H28N2O2. The number of hydrogen-bond donors (Lipinski definition) is 1. The molecule has 1 aliphatic heterocycles. The molecule has 4 heteroatoms. The number of ether oxygens (including phenoxy) is 2. The predicted molar refractivity (Wildman–Crippen MR) is 91.2 cm³/mol. The fraction of sp³-hybridized carbons (Fsp3) is 0.632. The minimum Gasteiger partial charge on any atom is -0.476 e. The van der Waals surface area contributed by atoms with Gasteiger partial charge in [-0.15, -0.1) is 0 Å². The number of rotatable bonds is 6. The van der Waals surface area contributed by atoms with Gasteiger partial charge in [-0.2, -0.15) is 5.26 Å². The molecule has 1 aromatic carbocycles. The van der Waals surface area contributed by atoms with E-state index in [4.69, 9.17) is 14.7 Å². The van der Waals surface area contributed by atoms with Gasteiger partial charge >= 0.3 is 0 Å². The maximum absolute atomic E-state index is 8.75. The molecule has 0 spiro atoms. The van der Waals surface area contributed by atoms with Crippen LogP contribution in [0.5, 0.6) is 5.75 Å². The summed E-state index contributed by atoms with van der Waals surface area (Å²) in [4.78, 5) is 0. The van der Waals surface area contributed by atoms with Crippen molar-refractivity contribution in [1.82, 2.24) is 5.32 Å². The molecule has 1 aliphatic rings. The standard InChI is InChI=1S/C19H28N2O2/c1-14(11-20)23-17-7-5-15(6-8-17)12-21-13-16-9-10-22-18(16)19(2,3)4/h5-8,14,16,18,21H,9-10,12-13H2,1-4H3/t14-,16+,18-/m0/s1. The van der Waals surface area contributed by atoms with Gasteiger partial charge in [0, 0.05) is 25.6 Å². The summed E-state index contributed by atoms with van der Waals surface area (Å²) >= 11 is 0. The van der Waals surface area contributed by atoms with Crippen molar-refractivity contribution in [2.45, 2.75) is 52.9 Å². The van der Waals surface area contributed by atoms with Crippen LogP contribution in [0.25, 0.3) is 0 Å². The lowest BCUT2D eigenvalue weighted by atomic mass is 9.81. The zero-order chi connectivity index (χ0) is 16.9. The number of nitrogens with one attached hydrogen (secondary N) is 1. The second-order valence-corrected chi connectivity index (χ2v) is 7.37. The SMILES string of the molecule is C[C@@H](C#N)Oc1ccc(CNC[C@H]2CCO[C@@H]2C(C)(C)C)cc1. The van der Waals surface area contributed by atoms with E-state index in [9.17, 15) is 0 Å². The topological polar surface area (TPSA) is 54.3 Å². The second kappa shape index (κ2) is 7.81. The molecule has 0 saturated carbocycles. The summed E-state index contributed by atoms with van der Waals surface area (Å²) in [5.41, 5.74) is 1.41. The molecule has 0 radical (unpaired) electrons. The first-order valence-electron chi connectivity index (χ1n) is 8.37. The van der Waals surface area contributed by atoms with Crippen LogP contribution in [0.4, 0.5) is 0 Å². The molecule has 0 unspecified atom stereocenters. The molecule has 0 aliphatic carbocycles. The van der Waals surface area contributed by atoms with Crippen molar-refractivity contribution in [2.75, 3.05) is 13.2 Å². The lowest BCUT2D eigenvalue weighted by Gasteiger charge is -2.31. The maximum Gasteiger partial charge on any atom is 0.181 e. The summed E-state index contributed by atoms with van der Waals surface area (Å²) in [6.07, 6.45) is 1.04. The highest BCUT2D eigenvalue weighted by Gasteiger charge is 2.36. The highest BCUT2D eigenvalue weighted by atomic mass is 16.5. The first-order chi connectivity index (χ1) is 10.9. The molecular weight excluding hydrogens is 288 g/mol. The molecule has 126 valence electrons. The Morgan fingerprint density at radius 3 is 2.65 bits per heavy atom. The van der Waals surface area contributed by atoms with Gasteiger partial charge in [0.25, 0.3) is 0 Å². The number of hydrogen-bond acceptors (Lipinski definition) is 4. The first kappa shape index (κ1) is 17.8. The van der Waals surface area contributed by atoms with Crippen LogP contribution in [-0.2, 0) is 11.3 Å². The molecule has 23 heavy (non-hydrogen) atoms. The van der Waals surface area contributed by atoms with Crippen molar-refractivity contribution < 1.29 is 9.47 Å². The van der Waals surface area contributed by atoms with Crippen LogP contribution in [0.2, 0.25) is 0 Å². The van der Waals surface area contributed by atoms with Crippen LogP contribution in [-0.4, -0.2) is 25.4 Å². The molecule has 4 nitrogen and oxygen atoms in total. The predicted octanol–water partition coefficient (Wildman–Crippen LogP) is 3.52. The van der Waals surface area contributed by atoms with Crippen molar-refractivity contribution in [3.63, 3.8) is 0 Å². The number of nitriles is 1. The van der Waals surface area contributed by atoms with Crippen LogP contribution in [0.1, 0.15) is 39.7 Å². The Morgan fingerprint density at radius 1 is 1.35 bits per heavy atom. The summed E-state index contributed by atoms with van der Waals surface area (Å²) in [5, 5.41) is 12.3. The Hall–Kier alpha value is -1.57. The van der Waals surface area contributed by atoms with Gasteiger partial charge in [-0.1, -0.05) is 32.9 Å². The zero-order valence-corrected chi connectivity index (χ0v) is 14.6. The summed E-state index contributed by atoms with van der Waals surface area (Å²) < 4.78 is 11.4. The molecule has 0 bridgehead atoms. The fourth-order valence-electron chi connectivity index (χ4n) is 3.12. The third-order valence-electron chi connectivity index (χ3n) is 4.22. The van der Waals surface area contributed by atoms with E-state index < -0.39 is 6.10 Å². The highest BCUT2D eigenvalue weighted by Crippen LogP contribution is 2.34. The Kier molecular flexibility index (Phi) is 6.04. The normalized spacial score (nSPS) is 22.6. The first-order valence-corrected chi connectivity index (χ1v) is 8.37. The molecule has 2 rings (SSSR count). The van der Waals surface area contributed by atoms with Gasteiger partial charge in [0.05, 0.1) is 6.10 Å². The molecule has 3 atom stereocenters. The van der Waals surface area contributed by atoms with E-state index in [1.54, 1.807) is 6.92 Å². The summed E-state index contributed by atoms with van der Waals surface area (Å²) in [7, 11) is 0. The van der Waals surface area contributed by atoms with Gasteiger partial charge in [-0.05, 0) is 36.5 Å². The molecule has 1 heterocycles. The van der Waals surface area contributed by atoms with Crippen LogP contribution in [0.3, 0.4) is 0 Å². The maximum atomic E-state index is 8.75. The van der Waals surface area contributed by atoms with E-state index in [1.165, 1.54) is 5.56 Å². The fourth-order valence-corrected chi connectivity index (χ4v) is 3.12. The van der Waals surface area contributed by atoms with Crippen LogP contribution >= 0.6 is 0 Å². The third-order valence-corrected chi connectivity index (χ3v) is 4.22. The van der Waals surface area contributed by atoms with Gasteiger partial charge in [0.15, 0.2) is 6.10 Å². The van der Waals surface area contributed by atoms with E-state index in [1.807, 2.05) is 24.3 Å². The Bertz CT molecular complexity index is 528. The molecule has 1 fully saturated rings. The Morgan fingerprint density at radius 2 is 2.04 bits per heavy atom. The van der Waals surface area contributed by atoms with E-state index in [0.717, 1.165) is 31.9 Å². The molecule has 1 N–H and O–H groups in total. The van der Waals surface area contributed by atoms with E-state index >= 15 is 0 Å². The van der Waals surface area contributed by atoms with Gasteiger partial charge in [-0.25, -0.2) is 0 Å². The van der Waals surface area contributed by atoms with E-state index in [2.05, 4.69) is 32.2 Å². The molecule has 1 aromatic rings. The summed E-state index contributed by atoms with van der Waals surface area (Å²) in [6.45, 7) is 11.2. The quantitative estimate of drug-likeness (QED) is 0.872. The Balaban J connectivity index is 1.79. The monoisotopic (exact) mass is 316 g/mol. The van der Waals surface area contributed by atoms with Gasteiger partial charge in [-0.3, -0.25) is 0 Å². The smallest absolute Gasteiger partial charge is 0.181 e. The molecule has 1 saturated heterocycles. The largest absolute Gasteiger partial charge is 0.476 e. The number of nitrogens with zero attached hydrogens (tertiary/aromatic N) is 1. The van der Waals surface area contributed by atoms with E-state index in [0.29, 0.717) is 12.0 Å². The van der Waals surface area contributed by atoms with Gasteiger partial charge < -0.3 is 14.8 Å². The van der Waals surface area contributed by atoms with Crippen molar-refractivity contribution >= 4 is 0 Å². The minimum absolute atomic E-state index is 0.194. The number of benzene rings is 1. The lowest BCUT2D eigenvalue weighted by molar-refractivity contribution is 0.00721. The lowest BCUT2D eigenvalue weighted by Crippen LogP contribution is -2.36. The molecule has 0 amide bonds. The minimum atomic E-state index is -0.421. The van der Waals surface area contributed by atoms with Crippen LogP contribution < -0.4 is 10.1 Å². The summed E-state index contributed by atoms with van der Waals surface area (Å²) in [6, 6.07) is 9.98. The summed E-state index contributed by atoms with van der Waals surface area (Å²) in [5.74, 6) is 1.31. The van der Waals surface area contributed by atoms with Crippen LogP contribution in [0, 0.1) is 22.7 Å². The van der Waals surface area contributed by atoms with Gasteiger partial charge in [0.1, 0.15) is 11.8 Å². The Labute approximate surface area is 139 Å².